The Labute approximate surface area is 132 Å². The van der Waals surface area contributed by atoms with E-state index in [1.165, 1.54) is 0 Å². The first-order valence-corrected chi connectivity index (χ1v) is 8.22. The zero-order valence-electron chi connectivity index (χ0n) is 14.0. The van der Waals surface area contributed by atoms with E-state index in [1.54, 1.807) is 0 Å². The summed E-state index contributed by atoms with van der Waals surface area (Å²) in [5.74, 6) is 1.03. The number of imidazole rings is 1. The third kappa shape index (κ3) is 2.40. The van der Waals surface area contributed by atoms with Crippen molar-refractivity contribution in [3.05, 3.63) is 35.9 Å². The molecule has 4 nitrogen and oxygen atoms in total. The molecule has 0 spiro atoms. The van der Waals surface area contributed by atoms with Crippen molar-refractivity contribution in [1.82, 2.24) is 14.3 Å². The number of likely N-dealkylation sites (tertiary alicyclic amines) is 1. The standard InChI is InChI=1S/C18H25N3O/c1-5-13-9-8-12-20(13)16(22)15-14-10-6-7-11-21(14)17(19-15)18(2,3)4/h6-7,10-11,13H,5,8-9,12H2,1-4H3. The quantitative estimate of drug-likeness (QED) is 0.849. The molecule has 1 fully saturated rings. The van der Waals surface area contributed by atoms with E-state index in [9.17, 15) is 4.79 Å². The second-order valence-electron chi connectivity index (χ2n) is 7.19. The van der Waals surface area contributed by atoms with Gasteiger partial charge in [-0.1, -0.05) is 33.8 Å². The lowest BCUT2D eigenvalue weighted by Gasteiger charge is -2.22. The molecular formula is C18H25N3O. The van der Waals surface area contributed by atoms with Crippen molar-refractivity contribution < 1.29 is 4.79 Å². The Bertz CT molecular complexity index is 696. The minimum absolute atomic E-state index is 0.0866. The third-order valence-corrected chi connectivity index (χ3v) is 4.53. The van der Waals surface area contributed by atoms with Gasteiger partial charge in [-0.3, -0.25) is 4.79 Å². The number of carbonyl (C=O) groups is 1. The first-order chi connectivity index (χ1) is 10.4. The summed E-state index contributed by atoms with van der Waals surface area (Å²) >= 11 is 0. The van der Waals surface area contributed by atoms with E-state index in [1.807, 2.05) is 29.3 Å². The van der Waals surface area contributed by atoms with Crippen molar-refractivity contribution in [2.75, 3.05) is 6.54 Å². The monoisotopic (exact) mass is 299 g/mol. The first kappa shape index (κ1) is 15.1. The number of hydrogen-bond donors (Lipinski definition) is 0. The molecule has 4 heteroatoms. The van der Waals surface area contributed by atoms with Crippen molar-refractivity contribution in [3.8, 4) is 0 Å². The van der Waals surface area contributed by atoms with Crippen molar-refractivity contribution >= 4 is 11.4 Å². The molecule has 0 bridgehead atoms. The molecule has 1 aliphatic rings. The van der Waals surface area contributed by atoms with Crippen molar-refractivity contribution in [2.45, 2.75) is 58.4 Å². The molecule has 3 heterocycles. The average Bonchev–Trinajstić information content (AvgIpc) is 3.10. The molecular weight excluding hydrogens is 274 g/mol. The predicted molar refractivity (Wildman–Crippen MR) is 88.2 cm³/mol. The molecule has 0 radical (unpaired) electrons. The molecule has 0 saturated carbocycles. The molecule has 1 aliphatic heterocycles. The predicted octanol–water partition coefficient (Wildman–Crippen LogP) is 3.65. The summed E-state index contributed by atoms with van der Waals surface area (Å²) in [7, 11) is 0. The van der Waals surface area contributed by atoms with Crippen LogP contribution in [0.15, 0.2) is 24.4 Å². The van der Waals surface area contributed by atoms with Gasteiger partial charge in [0.2, 0.25) is 0 Å². The Morgan fingerprint density at radius 3 is 2.82 bits per heavy atom. The van der Waals surface area contributed by atoms with Gasteiger partial charge in [0, 0.05) is 24.2 Å². The number of aromatic nitrogens is 2. The maximum atomic E-state index is 13.0. The highest BCUT2D eigenvalue weighted by Crippen LogP contribution is 2.28. The van der Waals surface area contributed by atoms with Gasteiger partial charge < -0.3 is 9.30 Å². The van der Waals surface area contributed by atoms with Gasteiger partial charge in [0.05, 0.1) is 5.52 Å². The molecule has 0 aliphatic carbocycles. The largest absolute Gasteiger partial charge is 0.334 e. The first-order valence-electron chi connectivity index (χ1n) is 8.22. The Morgan fingerprint density at radius 1 is 1.36 bits per heavy atom. The van der Waals surface area contributed by atoms with Gasteiger partial charge in [-0.25, -0.2) is 4.98 Å². The molecule has 1 saturated heterocycles. The van der Waals surface area contributed by atoms with Crippen LogP contribution in [0.4, 0.5) is 0 Å². The lowest BCUT2D eigenvalue weighted by molar-refractivity contribution is 0.0730. The molecule has 0 N–H and O–H groups in total. The number of fused-ring (bicyclic) bond motifs is 1. The van der Waals surface area contributed by atoms with Crippen LogP contribution in [0.1, 0.15) is 63.3 Å². The number of nitrogens with zero attached hydrogens (tertiary/aromatic N) is 3. The Kier molecular flexibility index (Phi) is 3.71. The summed E-state index contributed by atoms with van der Waals surface area (Å²) in [4.78, 5) is 19.8. The van der Waals surface area contributed by atoms with Crippen molar-refractivity contribution in [3.63, 3.8) is 0 Å². The number of pyridine rings is 1. The van der Waals surface area contributed by atoms with Crippen LogP contribution in [0, 0.1) is 0 Å². The van der Waals surface area contributed by atoms with Crippen LogP contribution in [-0.4, -0.2) is 32.8 Å². The lowest BCUT2D eigenvalue weighted by atomic mass is 9.96. The highest BCUT2D eigenvalue weighted by molar-refractivity contribution is 5.99. The van der Waals surface area contributed by atoms with E-state index in [2.05, 4.69) is 32.1 Å². The lowest BCUT2D eigenvalue weighted by Crippen LogP contribution is -2.35. The van der Waals surface area contributed by atoms with E-state index in [0.29, 0.717) is 11.7 Å². The summed E-state index contributed by atoms with van der Waals surface area (Å²) in [6.07, 6.45) is 5.23. The van der Waals surface area contributed by atoms with Crippen LogP contribution in [0.3, 0.4) is 0 Å². The van der Waals surface area contributed by atoms with Crippen LogP contribution in [0.5, 0.6) is 0 Å². The summed E-state index contributed by atoms with van der Waals surface area (Å²) in [6, 6.07) is 6.32. The summed E-state index contributed by atoms with van der Waals surface area (Å²) in [5.41, 5.74) is 1.42. The fourth-order valence-electron chi connectivity index (χ4n) is 3.39. The molecule has 3 rings (SSSR count). The van der Waals surface area contributed by atoms with Crippen molar-refractivity contribution in [1.29, 1.82) is 0 Å². The van der Waals surface area contributed by atoms with Gasteiger partial charge in [-0.2, -0.15) is 0 Å². The van der Waals surface area contributed by atoms with E-state index in [-0.39, 0.29) is 11.3 Å². The summed E-state index contributed by atoms with van der Waals surface area (Å²) in [6.45, 7) is 9.41. The minimum atomic E-state index is -0.0992. The second-order valence-corrected chi connectivity index (χ2v) is 7.19. The highest BCUT2D eigenvalue weighted by Gasteiger charge is 2.32. The molecule has 118 valence electrons. The molecule has 22 heavy (non-hydrogen) atoms. The number of carbonyl (C=O) groups excluding carboxylic acids is 1. The Balaban J connectivity index is 2.09. The number of rotatable bonds is 2. The number of hydrogen-bond acceptors (Lipinski definition) is 2. The second kappa shape index (κ2) is 5.41. The Hall–Kier alpha value is -1.84. The molecule has 1 unspecified atom stereocenters. The van der Waals surface area contributed by atoms with E-state index in [0.717, 1.165) is 37.1 Å². The smallest absolute Gasteiger partial charge is 0.274 e. The zero-order valence-corrected chi connectivity index (χ0v) is 14.0. The third-order valence-electron chi connectivity index (χ3n) is 4.53. The molecule has 0 aromatic carbocycles. The van der Waals surface area contributed by atoms with E-state index in [4.69, 9.17) is 4.98 Å². The average molecular weight is 299 g/mol. The minimum Gasteiger partial charge on any atom is -0.334 e. The molecule has 1 atom stereocenters. The van der Waals surface area contributed by atoms with Gasteiger partial charge >= 0.3 is 0 Å². The fraction of sp³-hybridized carbons (Fsp3) is 0.556. The molecule has 2 aromatic rings. The SMILES string of the molecule is CCC1CCCN1C(=O)c1nc(C(C)(C)C)n2ccccc12. The van der Waals surface area contributed by atoms with Crippen LogP contribution < -0.4 is 0 Å². The maximum absolute atomic E-state index is 13.0. The fourth-order valence-corrected chi connectivity index (χ4v) is 3.39. The maximum Gasteiger partial charge on any atom is 0.274 e. The van der Waals surface area contributed by atoms with Gasteiger partial charge in [-0.15, -0.1) is 0 Å². The van der Waals surface area contributed by atoms with E-state index < -0.39 is 0 Å². The summed E-state index contributed by atoms with van der Waals surface area (Å²) in [5, 5.41) is 0. The topological polar surface area (TPSA) is 37.6 Å². The molecule has 2 aromatic heterocycles. The van der Waals surface area contributed by atoms with Crippen LogP contribution in [0.2, 0.25) is 0 Å². The van der Waals surface area contributed by atoms with Crippen molar-refractivity contribution in [2.24, 2.45) is 0 Å². The van der Waals surface area contributed by atoms with E-state index >= 15 is 0 Å². The normalized spacial score (nSPS) is 19.1. The zero-order chi connectivity index (χ0) is 15.9. The van der Waals surface area contributed by atoms with Crippen LogP contribution in [0.25, 0.3) is 5.52 Å². The Morgan fingerprint density at radius 2 is 2.14 bits per heavy atom. The van der Waals surface area contributed by atoms with Gasteiger partial charge in [-0.05, 0) is 31.4 Å². The van der Waals surface area contributed by atoms with Crippen LogP contribution in [-0.2, 0) is 5.41 Å². The number of amides is 1. The highest BCUT2D eigenvalue weighted by atomic mass is 16.2. The summed E-state index contributed by atoms with van der Waals surface area (Å²) < 4.78 is 2.06. The van der Waals surface area contributed by atoms with Gasteiger partial charge in [0.25, 0.3) is 5.91 Å². The molecule has 1 amide bonds. The van der Waals surface area contributed by atoms with Crippen LogP contribution >= 0.6 is 0 Å². The van der Waals surface area contributed by atoms with Gasteiger partial charge in [0.15, 0.2) is 5.69 Å². The van der Waals surface area contributed by atoms with Gasteiger partial charge in [0.1, 0.15) is 5.82 Å².